The van der Waals surface area contributed by atoms with E-state index in [2.05, 4.69) is 19.2 Å². The van der Waals surface area contributed by atoms with Crippen molar-refractivity contribution in [3.8, 4) is 0 Å². The molecule has 0 spiro atoms. The molecule has 1 N–H and O–H groups in total. The van der Waals surface area contributed by atoms with Crippen molar-refractivity contribution in [1.29, 1.82) is 0 Å². The van der Waals surface area contributed by atoms with Crippen LogP contribution in [0.25, 0.3) is 0 Å². The molecule has 102 valence electrons. The second-order valence-corrected chi connectivity index (χ2v) is 5.39. The molecular formula is C15H31NO. The summed E-state index contributed by atoms with van der Waals surface area (Å²) >= 11 is 0. The van der Waals surface area contributed by atoms with Crippen LogP contribution in [0, 0.1) is 5.92 Å². The molecule has 1 fully saturated rings. The molecule has 0 amide bonds. The van der Waals surface area contributed by atoms with Gasteiger partial charge in [0.25, 0.3) is 0 Å². The third-order valence-electron chi connectivity index (χ3n) is 3.85. The summed E-state index contributed by atoms with van der Waals surface area (Å²) in [7, 11) is 0. The summed E-state index contributed by atoms with van der Waals surface area (Å²) in [6.07, 6.45) is 11.2. The lowest BCUT2D eigenvalue weighted by atomic mass is 9.85. The fraction of sp³-hybridized carbons (Fsp3) is 1.00. The number of ether oxygens (including phenoxy) is 1. The van der Waals surface area contributed by atoms with Crippen molar-refractivity contribution in [3.63, 3.8) is 0 Å². The minimum atomic E-state index is 0.580. The first-order valence-corrected chi connectivity index (χ1v) is 7.68. The lowest BCUT2D eigenvalue weighted by Gasteiger charge is -2.24. The number of hydrogen-bond donors (Lipinski definition) is 1. The SMILES string of the molecule is CCCNC(CCC1CCCCC1)COCC. The molecule has 0 saturated heterocycles. The molecule has 1 rings (SSSR count). The zero-order valence-electron chi connectivity index (χ0n) is 11.8. The van der Waals surface area contributed by atoms with Crippen molar-refractivity contribution >= 4 is 0 Å². The van der Waals surface area contributed by atoms with Gasteiger partial charge in [-0.05, 0) is 38.6 Å². The van der Waals surface area contributed by atoms with Crippen molar-refractivity contribution in [2.75, 3.05) is 19.8 Å². The quantitative estimate of drug-likeness (QED) is 0.664. The first-order valence-electron chi connectivity index (χ1n) is 7.68. The molecule has 1 atom stereocenters. The number of hydrogen-bond acceptors (Lipinski definition) is 2. The minimum absolute atomic E-state index is 0.580. The predicted octanol–water partition coefficient (Wildman–Crippen LogP) is 3.75. The highest BCUT2D eigenvalue weighted by Crippen LogP contribution is 2.27. The van der Waals surface area contributed by atoms with Gasteiger partial charge >= 0.3 is 0 Å². The molecule has 2 nitrogen and oxygen atoms in total. The van der Waals surface area contributed by atoms with E-state index in [-0.39, 0.29) is 0 Å². The van der Waals surface area contributed by atoms with Crippen LogP contribution in [-0.4, -0.2) is 25.8 Å². The van der Waals surface area contributed by atoms with E-state index in [0.29, 0.717) is 6.04 Å². The zero-order chi connectivity index (χ0) is 12.3. The lowest BCUT2D eigenvalue weighted by molar-refractivity contribution is 0.116. The summed E-state index contributed by atoms with van der Waals surface area (Å²) in [5.74, 6) is 0.997. The van der Waals surface area contributed by atoms with Crippen molar-refractivity contribution in [2.45, 2.75) is 71.3 Å². The Labute approximate surface area is 108 Å². The molecular weight excluding hydrogens is 210 g/mol. The van der Waals surface area contributed by atoms with E-state index < -0.39 is 0 Å². The molecule has 17 heavy (non-hydrogen) atoms. The third kappa shape index (κ3) is 7.05. The molecule has 0 aromatic carbocycles. The van der Waals surface area contributed by atoms with E-state index in [0.717, 1.165) is 25.7 Å². The first kappa shape index (κ1) is 15.0. The second-order valence-electron chi connectivity index (χ2n) is 5.39. The van der Waals surface area contributed by atoms with Gasteiger partial charge in [0.05, 0.1) is 6.61 Å². The van der Waals surface area contributed by atoms with E-state index in [1.54, 1.807) is 0 Å². The van der Waals surface area contributed by atoms with Crippen molar-refractivity contribution in [2.24, 2.45) is 5.92 Å². The normalized spacial score (nSPS) is 19.4. The number of nitrogens with one attached hydrogen (secondary N) is 1. The second kappa shape index (κ2) is 9.90. The molecule has 2 heteroatoms. The molecule has 0 heterocycles. The smallest absolute Gasteiger partial charge is 0.0619 e. The Hall–Kier alpha value is -0.0800. The van der Waals surface area contributed by atoms with Crippen LogP contribution >= 0.6 is 0 Å². The average Bonchev–Trinajstić information content (AvgIpc) is 2.39. The van der Waals surface area contributed by atoms with E-state index in [4.69, 9.17) is 4.74 Å². The molecule has 1 aliphatic rings. The summed E-state index contributed by atoms with van der Waals surface area (Å²) < 4.78 is 5.57. The van der Waals surface area contributed by atoms with Crippen LogP contribution in [0.2, 0.25) is 0 Å². The Bertz CT molecular complexity index is 158. The van der Waals surface area contributed by atoms with Crippen molar-refractivity contribution in [3.05, 3.63) is 0 Å². The molecule has 1 unspecified atom stereocenters. The van der Waals surface area contributed by atoms with Gasteiger partial charge < -0.3 is 10.1 Å². The van der Waals surface area contributed by atoms with Crippen LogP contribution in [0.3, 0.4) is 0 Å². The first-order chi connectivity index (χ1) is 8.36. The number of rotatable bonds is 9. The largest absolute Gasteiger partial charge is 0.380 e. The Balaban J connectivity index is 2.16. The summed E-state index contributed by atoms with van der Waals surface area (Å²) in [4.78, 5) is 0. The van der Waals surface area contributed by atoms with E-state index in [9.17, 15) is 0 Å². The molecule has 1 saturated carbocycles. The average molecular weight is 241 g/mol. The van der Waals surface area contributed by atoms with Crippen LogP contribution in [0.1, 0.15) is 65.2 Å². The summed E-state index contributed by atoms with van der Waals surface area (Å²) in [5, 5.41) is 3.62. The van der Waals surface area contributed by atoms with E-state index in [1.165, 1.54) is 51.4 Å². The Kier molecular flexibility index (Phi) is 8.72. The van der Waals surface area contributed by atoms with Gasteiger partial charge in [-0.15, -0.1) is 0 Å². The molecule has 0 bridgehead atoms. The van der Waals surface area contributed by atoms with Gasteiger partial charge in [0.2, 0.25) is 0 Å². The Morgan fingerprint density at radius 1 is 1.18 bits per heavy atom. The highest BCUT2D eigenvalue weighted by atomic mass is 16.5. The van der Waals surface area contributed by atoms with Gasteiger partial charge in [-0.25, -0.2) is 0 Å². The highest BCUT2D eigenvalue weighted by molar-refractivity contribution is 4.71. The van der Waals surface area contributed by atoms with E-state index in [1.807, 2.05) is 0 Å². The van der Waals surface area contributed by atoms with Crippen molar-refractivity contribution < 1.29 is 4.74 Å². The topological polar surface area (TPSA) is 21.3 Å². The predicted molar refractivity (Wildman–Crippen MR) is 74.4 cm³/mol. The molecule has 0 radical (unpaired) electrons. The standard InChI is InChI=1S/C15H31NO/c1-3-12-16-15(13-17-4-2)11-10-14-8-6-5-7-9-14/h14-16H,3-13H2,1-2H3. The summed E-state index contributed by atoms with van der Waals surface area (Å²) in [5.41, 5.74) is 0. The monoisotopic (exact) mass is 241 g/mol. The maximum absolute atomic E-state index is 5.57. The van der Waals surface area contributed by atoms with Gasteiger partial charge in [-0.1, -0.05) is 39.0 Å². The lowest BCUT2D eigenvalue weighted by Crippen LogP contribution is -2.34. The van der Waals surface area contributed by atoms with Crippen LogP contribution in [0.15, 0.2) is 0 Å². The maximum Gasteiger partial charge on any atom is 0.0619 e. The maximum atomic E-state index is 5.57. The van der Waals surface area contributed by atoms with Gasteiger partial charge in [-0.2, -0.15) is 0 Å². The summed E-state index contributed by atoms with van der Waals surface area (Å²) in [6.45, 7) is 7.17. The molecule has 0 aliphatic heterocycles. The third-order valence-corrected chi connectivity index (χ3v) is 3.85. The van der Waals surface area contributed by atoms with Crippen LogP contribution in [-0.2, 0) is 4.74 Å². The minimum Gasteiger partial charge on any atom is -0.380 e. The van der Waals surface area contributed by atoms with Gasteiger partial charge in [0.15, 0.2) is 0 Å². The highest BCUT2D eigenvalue weighted by Gasteiger charge is 2.16. The fourth-order valence-electron chi connectivity index (χ4n) is 2.77. The molecule has 0 aromatic heterocycles. The Morgan fingerprint density at radius 3 is 2.59 bits per heavy atom. The van der Waals surface area contributed by atoms with E-state index >= 15 is 0 Å². The van der Waals surface area contributed by atoms with Gasteiger partial charge in [-0.3, -0.25) is 0 Å². The zero-order valence-corrected chi connectivity index (χ0v) is 11.8. The van der Waals surface area contributed by atoms with Gasteiger partial charge in [0.1, 0.15) is 0 Å². The summed E-state index contributed by atoms with van der Waals surface area (Å²) in [6, 6.07) is 0.580. The molecule has 0 aromatic rings. The van der Waals surface area contributed by atoms with Crippen LogP contribution in [0.4, 0.5) is 0 Å². The van der Waals surface area contributed by atoms with Gasteiger partial charge in [0, 0.05) is 12.6 Å². The Morgan fingerprint density at radius 2 is 1.94 bits per heavy atom. The van der Waals surface area contributed by atoms with Crippen LogP contribution < -0.4 is 5.32 Å². The fourth-order valence-corrected chi connectivity index (χ4v) is 2.77. The van der Waals surface area contributed by atoms with Crippen molar-refractivity contribution in [1.82, 2.24) is 5.32 Å². The van der Waals surface area contributed by atoms with Crippen LogP contribution in [0.5, 0.6) is 0 Å². The molecule has 1 aliphatic carbocycles.